The summed E-state index contributed by atoms with van der Waals surface area (Å²) in [5.74, 6) is 1.41. The van der Waals surface area contributed by atoms with E-state index in [2.05, 4.69) is 30.6 Å². The van der Waals surface area contributed by atoms with Crippen LogP contribution in [0.25, 0.3) is 17.4 Å². The van der Waals surface area contributed by atoms with E-state index in [1.807, 2.05) is 19.9 Å². The second-order valence-electron chi connectivity index (χ2n) is 5.68. The van der Waals surface area contributed by atoms with Gasteiger partial charge in [0.25, 0.3) is 5.91 Å². The number of anilines is 1. The van der Waals surface area contributed by atoms with E-state index in [9.17, 15) is 4.79 Å². The fourth-order valence-corrected chi connectivity index (χ4v) is 2.52. The number of carbonyl (C=O) groups excluding carboxylic acids is 1. The van der Waals surface area contributed by atoms with Gasteiger partial charge in [0.05, 0.1) is 17.5 Å². The molecule has 130 valence electrons. The van der Waals surface area contributed by atoms with Gasteiger partial charge in [-0.25, -0.2) is 9.67 Å². The Morgan fingerprint density at radius 1 is 1.27 bits per heavy atom. The number of aromatic nitrogens is 6. The summed E-state index contributed by atoms with van der Waals surface area (Å²) >= 11 is 0. The Bertz CT molecular complexity index is 1050. The summed E-state index contributed by atoms with van der Waals surface area (Å²) in [6.07, 6.45) is 3.02. The zero-order chi connectivity index (χ0) is 18.1. The van der Waals surface area contributed by atoms with Crippen molar-refractivity contribution in [3.63, 3.8) is 0 Å². The number of pyridine rings is 1. The number of furan rings is 1. The number of aryl methyl sites for hydroxylation is 2. The molecule has 0 saturated heterocycles. The largest absolute Gasteiger partial charge is 0.461 e. The number of aromatic amines is 1. The minimum atomic E-state index is -0.359. The molecular formula is C17H15N7O2. The van der Waals surface area contributed by atoms with Crippen molar-refractivity contribution >= 4 is 11.9 Å². The molecule has 9 nitrogen and oxygen atoms in total. The van der Waals surface area contributed by atoms with Gasteiger partial charge in [-0.15, -0.1) is 5.10 Å². The third kappa shape index (κ3) is 2.97. The molecule has 2 N–H and O–H groups in total. The lowest BCUT2D eigenvalue weighted by molar-refractivity contribution is 0.102. The molecule has 4 aromatic heterocycles. The Hall–Kier alpha value is -3.75. The molecular weight excluding hydrogens is 334 g/mol. The van der Waals surface area contributed by atoms with Crippen LogP contribution in [0.3, 0.4) is 0 Å². The first-order valence-corrected chi connectivity index (χ1v) is 7.87. The SMILES string of the molecule is Cc1cc(C)n(-c2ccc(C(=O)Nc3n[nH]c(-c4ccco4)n3)cn2)n1. The van der Waals surface area contributed by atoms with Crippen molar-refractivity contribution in [3.05, 3.63) is 59.7 Å². The zero-order valence-corrected chi connectivity index (χ0v) is 14.1. The first-order chi connectivity index (χ1) is 12.6. The lowest BCUT2D eigenvalue weighted by Gasteiger charge is -2.05. The smallest absolute Gasteiger partial charge is 0.259 e. The van der Waals surface area contributed by atoms with E-state index in [1.54, 1.807) is 28.9 Å². The molecule has 0 unspecified atom stereocenters. The Morgan fingerprint density at radius 3 is 2.81 bits per heavy atom. The molecule has 0 atom stereocenters. The van der Waals surface area contributed by atoms with Gasteiger partial charge >= 0.3 is 0 Å². The van der Waals surface area contributed by atoms with Gasteiger partial charge in [0.2, 0.25) is 5.95 Å². The summed E-state index contributed by atoms with van der Waals surface area (Å²) in [6, 6.07) is 8.86. The van der Waals surface area contributed by atoms with Crippen molar-refractivity contribution in [1.29, 1.82) is 0 Å². The number of H-pyrrole nitrogens is 1. The standard InChI is InChI=1S/C17H15N7O2/c1-10-8-11(2)24(23-10)14-6-5-12(9-18-14)16(25)20-17-19-15(21-22-17)13-4-3-7-26-13/h3-9H,1-2H3,(H2,19,20,21,22,25). The van der Waals surface area contributed by atoms with E-state index < -0.39 is 0 Å². The highest BCUT2D eigenvalue weighted by Crippen LogP contribution is 2.16. The van der Waals surface area contributed by atoms with Crippen LogP contribution in [0.5, 0.6) is 0 Å². The van der Waals surface area contributed by atoms with Crippen LogP contribution >= 0.6 is 0 Å². The Kier molecular flexibility index (Phi) is 3.81. The van der Waals surface area contributed by atoms with E-state index >= 15 is 0 Å². The molecule has 0 aliphatic carbocycles. The van der Waals surface area contributed by atoms with Crippen LogP contribution in [-0.4, -0.2) is 35.9 Å². The summed E-state index contributed by atoms with van der Waals surface area (Å²) in [4.78, 5) is 20.8. The van der Waals surface area contributed by atoms with E-state index in [-0.39, 0.29) is 11.9 Å². The van der Waals surface area contributed by atoms with E-state index in [4.69, 9.17) is 4.42 Å². The predicted octanol–water partition coefficient (Wildman–Crippen LogP) is 2.51. The molecule has 4 aromatic rings. The number of amides is 1. The minimum Gasteiger partial charge on any atom is -0.461 e. The highest BCUT2D eigenvalue weighted by Gasteiger charge is 2.13. The lowest BCUT2D eigenvalue weighted by Crippen LogP contribution is -2.14. The van der Waals surface area contributed by atoms with Crippen molar-refractivity contribution in [2.45, 2.75) is 13.8 Å². The van der Waals surface area contributed by atoms with Crippen LogP contribution < -0.4 is 5.32 Å². The van der Waals surface area contributed by atoms with Gasteiger partial charge in [-0.2, -0.15) is 10.1 Å². The molecule has 0 bridgehead atoms. The summed E-state index contributed by atoms with van der Waals surface area (Å²) in [5, 5.41) is 13.7. The van der Waals surface area contributed by atoms with Crippen molar-refractivity contribution < 1.29 is 9.21 Å². The number of rotatable bonds is 4. The number of carbonyl (C=O) groups is 1. The fourth-order valence-electron chi connectivity index (χ4n) is 2.52. The maximum Gasteiger partial charge on any atom is 0.259 e. The number of hydrogen-bond acceptors (Lipinski definition) is 6. The van der Waals surface area contributed by atoms with Crippen LogP contribution in [-0.2, 0) is 0 Å². The summed E-state index contributed by atoms with van der Waals surface area (Å²) in [5.41, 5.74) is 2.26. The second kappa shape index (κ2) is 6.28. The van der Waals surface area contributed by atoms with Crippen molar-refractivity contribution in [1.82, 2.24) is 29.9 Å². The molecule has 1 amide bonds. The highest BCUT2D eigenvalue weighted by molar-refractivity contribution is 6.03. The van der Waals surface area contributed by atoms with Crippen LogP contribution in [0.1, 0.15) is 21.7 Å². The van der Waals surface area contributed by atoms with Gasteiger partial charge in [-0.1, -0.05) is 0 Å². The van der Waals surface area contributed by atoms with Crippen molar-refractivity contribution in [3.8, 4) is 17.4 Å². The lowest BCUT2D eigenvalue weighted by atomic mass is 10.2. The normalized spacial score (nSPS) is 10.8. The molecule has 26 heavy (non-hydrogen) atoms. The van der Waals surface area contributed by atoms with Gasteiger partial charge < -0.3 is 4.42 Å². The maximum atomic E-state index is 12.3. The van der Waals surface area contributed by atoms with Gasteiger partial charge in [0.1, 0.15) is 0 Å². The van der Waals surface area contributed by atoms with Gasteiger partial charge in [-0.3, -0.25) is 15.2 Å². The van der Waals surface area contributed by atoms with E-state index in [0.717, 1.165) is 11.4 Å². The molecule has 4 rings (SSSR count). The number of hydrogen-bond donors (Lipinski definition) is 2. The number of nitrogens with zero attached hydrogens (tertiary/aromatic N) is 5. The molecule has 0 aliphatic heterocycles. The molecule has 0 aliphatic rings. The molecule has 0 aromatic carbocycles. The minimum absolute atomic E-state index is 0.157. The quantitative estimate of drug-likeness (QED) is 0.585. The maximum absolute atomic E-state index is 12.3. The van der Waals surface area contributed by atoms with E-state index in [1.165, 1.54) is 12.5 Å². The van der Waals surface area contributed by atoms with Crippen molar-refractivity contribution in [2.75, 3.05) is 5.32 Å². The van der Waals surface area contributed by atoms with Gasteiger partial charge in [0.15, 0.2) is 17.4 Å². The molecule has 0 saturated carbocycles. The highest BCUT2D eigenvalue weighted by atomic mass is 16.3. The van der Waals surface area contributed by atoms with Crippen LogP contribution in [0.4, 0.5) is 5.95 Å². The zero-order valence-electron chi connectivity index (χ0n) is 14.1. The Labute approximate surface area is 148 Å². The summed E-state index contributed by atoms with van der Waals surface area (Å²) in [6.45, 7) is 3.86. The van der Waals surface area contributed by atoms with Gasteiger partial charge in [0, 0.05) is 11.9 Å². The first-order valence-electron chi connectivity index (χ1n) is 7.87. The summed E-state index contributed by atoms with van der Waals surface area (Å²) in [7, 11) is 0. The predicted molar refractivity (Wildman–Crippen MR) is 92.9 cm³/mol. The second-order valence-corrected chi connectivity index (χ2v) is 5.68. The third-order valence-corrected chi connectivity index (χ3v) is 3.70. The van der Waals surface area contributed by atoms with Gasteiger partial charge in [-0.05, 0) is 44.2 Å². The van der Waals surface area contributed by atoms with Crippen molar-refractivity contribution in [2.24, 2.45) is 0 Å². The fraction of sp³-hybridized carbons (Fsp3) is 0.118. The third-order valence-electron chi connectivity index (χ3n) is 3.70. The number of nitrogens with one attached hydrogen (secondary N) is 2. The first kappa shape index (κ1) is 15.8. The molecule has 0 fully saturated rings. The molecule has 9 heteroatoms. The Balaban J connectivity index is 1.49. The van der Waals surface area contributed by atoms with E-state index in [0.29, 0.717) is 23.0 Å². The average Bonchev–Trinajstić information content (AvgIpc) is 3.36. The molecule has 0 radical (unpaired) electrons. The van der Waals surface area contributed by atoms with Crippen LogP contribution in [0, 0.1) is 13.8 Å². The van der Waals surface area contributed by atoms with Crippen LogP contribution in [0.2, 0.25) is 0 Å². The summed E-state index contributed by atoms with van der Waals surface area (Å²) < 4.78 is 6.95. The Morgan fingerprint density at radius 2 is 2.15 bits per heavy atom. The molecule has 0 spiro atoms. The topological polar surface area (TPSA) is 115 Å². The monoisotopic (exact) mass is 349 g/mol. The average molecular weight is 349 g/mol. The molecule has 4 heterocycles. The van der Waals surface area contributed by atoms with Crippen LogP contribution in [0.15, 0.2) is 47.2 Å².